The first-order chi connectivity index (χ1) is 9.02. The zero-order valence-electron chi connectivity index (χ0n) is 10.7. The molecule has 0 saturated carbocycles. The van der Waals surface area contributed by atoms with E-state index in [-0.39, 0.29) is 11.9 Å². The van der Waals surface area contributed by atoms with Crippen LogP contribution in [0.3, 0.4) is 0 Å². The Hall–Kier alpha value is -1.09. The van der Waals surface area contributed by atoms with Crippen LogP contribution in [-0.2, 0) is 0 Å². The topological polar surface area (TPSA) is 12.0 Å². The van der Waals surface area contributed by atoms with Crippen LogP contribution in [0.5, 0.6) is 0 Å². The Kier molecular flexibility index (Phi) is 4.46. The number of hydrogen-bond acceptors (Lipinski definition) is 1. The van der Waals surface area contributed by atoms with Gasteiger partial charge in [0.05, 0.1) is 6.04 Å². The van der Waals surface area contributed by atoms with Crippen LogP contribution in [0.15, 0.2) is 36.4 Å². The number of halogens is 3. The molecule has 0 aromatic heterocycles. The first-order valence-corrected chi connectivity index (χ1v) is 6.66. The van der Waals surface area contributed by atoms with E-state index < -0.39 is 0 Å². The maximum atomic E-state index is 14.0. The molecule has 0 aliphatic heterocycles. The van der Waals surface area contributed by atoms with Crippen molar-refractivity contribution in [3.8, 4) is 0 Å². The highest BCUT2D eigenvalue weighted by atomic mass is 35.5. The van der Waals surface area contributed by atoms with Crippen molar-refractivity contribution in [1.82, 2.24) is 5.32 Å². The molecule has 0 fully saturated rings. The van der Waals surface area contributed by atoms with Gasteiger partial charge in [-0.2, -0.15) is 0 Å². The van der Waals surface area contributed by atoms with E-state index in [1.165, 1.54) is 6.07 Å². The lowest BCUT2D eigenvalue weighted by Gasteiger charge is -2.20. The van der Waals surface area contributed by atoms with Gasteiger partial charge in [0.15, 0.2) is 0 Å². The highest BCUT2D eigenvalue weighted by Crippen LogP contribution is 2.29. The summed E-state index contributed by atoms with van der Waals surface area (Å²) in [6.45, 7) is 1.98. The number of rotatable bonds is 3. The zero-order valence-corrected chi connectivity index (χ0v) is 12.2. The Balaban J connectivity index is 2.52. The first kappa shape index (κ1) is 14.3. The number of hydrogen-bond donors (Lipinski definition) is 1. The molecule has 1 N–H and O–H groups in total. The average Bonchev–Trinajstić information content (AvgIpc) is 2.36. The monoisotopic (exact) mass is 297 g/mol. The van der Waals surface area contributed by atoms with Crippen LogP contribution < -0.4 is 5.32 Å². The predicted molar refractivity (Wildman–Crippen MR) is 78.5 cm³/mol. The predicted octanol–water partition coefficient (Wildman–Crippen LogP) is 4.75. The summed E-state index contributed by atoms with van der Waals surface area (Å²) in [6.07, 6.45) is 0. The van der Waals surface area contributed by atoms with Gasteiger partial charge in [-0.05, 0) is 49.4 Å². The second-order valence-electron chi connectivity index (χ2n) is 4.39. The molecule has 0 radical (unpaired) electrons. The molecule has 0 saturated heterocycles. The van der Waals surface area contributed by atoms with Crippen molar-refractivity contribution in [2.24, 2.45) is 0 Å². The van der Waals surface area contributed by atoms with Gasteiger partial charge in [0, 0.05) is 15.6 Å². The molecule has 1 nitrogen and oxygen atoms in total. The highest BCUT2D eigenvalue weighted by molar-refractivity contribution is 6.30. The lowest BCUT2D eigenvalue weighted by Crippen LogP contribution is -2.20. The van der Waals surface area contributed by atoms with E-state index in [9.17, 15) is 4.39 Å². The van der Waals surface area contributed by atoms with Gasteiger partial charge in [0.2, 0.25) is 0 Å². The Labute approximate surface area is 122 Å². The van der Waals surface area contributed by atoms with E-state index in [0.717, 1.165) is 11.1 Å². The van der Waals surface area contributed by atoms with Crippen molar-refractivity contribution in [2.45, 2.75) is 13.0 Å². The van der Waals surface area contributed by atoms with Crippen LogP contribution >= 0.6 is 23.2 Å². The van der Waals surface area contributed by atoms with Gasteiger partial charge >= 0.3 is 0 Å². The molecule has 4 heteroatoms. The van der Waals surface area contributed by atoms with E-state index in [4.69, 9.17) is 23.2 Å². The Morgan fingerprint density at radius 1 is 1.00 bits per heavy atom. The quantitative estimate of drug-likeness (QED) is 0.862. The summed E-state index contributed by atoms with van der Waals surface area (Å²) in [5.74, 6) is -0.328. The van der Waals surface area contributed by atoms with Crippen LogP contribution in [0.25, 0.3) is 0 Å². The van der Waals surface area contributed by atoms with E-state index in [1.54, 1.807) is 19.2 Å². The van der Waals surface area contributed by atoms with Crippen molar-refractivity contribution in [3.63, 3.8) is 0 Å². The summed E-state index contributed by atoms with van der Waals surface area (Å²) >= 11 is 11.8. The van der Waals surface area contributed by atoms with E-state index in [1.807, 2.05) is 25.1 Å². The van der Waals surface area contributed by atoms with Gasteiger partial charge < -0.3 is 5.32 Å². The highest BCUT2D eigenvalue weighted by Gasteiger charge is 2.18. The second-order valence-corrected chi connectivity index (χ2v) is 5.26. The maximum Gasteiger partial charge on any atom is 0.129 e. The van der Waals surface area contributed by atoms with Gasteiger partial charge in [-0.25, -0.2) is 4.39 Å². The Morgan fingerprint density at radius 2 is 1.63 bits per heavy atom. The van der Waals surface area contributed by atoms with Gasteiger partial charge in [-0.3, -0.25) is 0 Å². The molecule has 2 aromatic rings. The summed E-state index contributed by atoms with van der Waals surface area (Å²) in [5.41, 5.74) is 2.56. The molecule has 0 heterocycles. The molecule has 0 bridgehead atoms. The van der Waals surface area contributed by atoms with Crippen LogP contribution in [0.4, 0.5) is 4.39 Å². The molecule has 0 spiro atoms. The van der Waals surface area contributed by atoms with Crippen molar-refractivity contribution >= 4 is 23.2 Å². The van der Waals surface area contributed by atoms with Crippen molar-refractivity contribution < 1.29 is 4.39 Å². The molecular formula is C15H14Cl2FN. The Bertz CT molecular complexity index is 599. The molecule has 19 heavy (non-hydrogen) atoms. The van der Waals surface area contributed by atoms with Gasteiger partial charge in [0.25, 0.3) is 0 Å². The second kappa shape index (κ2) is 5.91. The normalized spacial score (nSPS) is 12.5. The van der Waals surface area contributed by atoms with Crippen molar-refractivity contribution in [1.29, 1.82) is 0 Å². The number of benzene rings is 2. The van der Waals surface area contributed by atoms with Crippen molar-refractivity contribution in [3.05, 3.63) is 69.0 Å². The molecule has 100 valence electrons. The minimum atomic E-state index is -0.328. The molecule has 0 aliphatic carbocycles. The number of nitrogens with one attached hydrogen (secondary N) is 1. The molecular weight excluding hydrogens is 284 g/mol. The minimum absolute atomic E-state index is 0.254. The fourth-order valence-corrected chi connectivity index (χ4v) is 2.48. The molecule has 0 aliphatic rings. The average molecular weight is 298 g/mol. The van der Waals surface area contributed by atoms with E-state index in [2.05, 4.69) is 5.32 Å². The van der Waals surface area contributed by atoms with E-state index in [0.29, 0.717) is 15.6 Å². The molecule has 2 rings (SSSR count). The van der Waals surface area contributed by atoms with Gasteiger partial charge in [0.1, 0.15) is 5.82 Å². The summed E-state index contributed by atoms with van der Waals surface area (Å²) in [7, 11) is 1.79. The maximum absolute atomic E-state index is 14.0. The zero-order chi connectivity index (χ0) is 14.0. The molecule has 1 atom stereocenters. The summed E-state index contributed by atoms with van der Waals surface area (Å²) < 4.78 is 14.0. The third-order valence-corrected chi connectivity index (χ3v) is 3.58. The third-order valence-electron chi connectivity index (χ3n) is 3.11. The smallest absolute Gasteiger partial charge is 0.129 e. The van der Waals surface area contributed by atoms with E-state index >= 15 is 0 Å². The molecule has 2 aromatic carbocycles. The lowest BCUT2D eigenvalue weighted by molar-refractivity contribution is 0.575. The standard InChI is InChI=1S/C15H14Cl2FN/c1-9-3-4-10(16)7-13(9)15(19-2)12-6-5-11(17)8-14(12)18/h3-8,15,19H,1-2H3. The van der Waals surface area contributed by atoms with Crippen LogP contribution in [0, 0.1) is 12.7 Å². The summed E-state index contributed by atoms with van der Waals surface area (Å²) in [4.78, 5) is 0. The summed E-state index contributed by atoms with van der Waals surface area (Å²) in [6, 6.07) is 10.0. The third kappa shape index (κ3) is 3.08. The summed E-state index contributed by atoms with van der Waals surface area (Å²) in [5, 5.41) is 4.14. The van der Waals surface area contributed by atoms with Gasteiger partial charge in [-0.1, -0.05) is 35.3 Å². The SMILES string of the molecule is CNC(c1cc(Cl)ccc1C)c1ccc(Cl)cc1F. The first-order valence-electron chi connectivity index (χ1n) is 5.91. The lowest BCUT2D eigenvalue weighted by atomic mass is 9.95. The minimum Gasteiger partial charge on any atom is -0.309 e. The van der Waals surface area contributed by atoms with Crippen molar-refractivity contribution in [2.75, 3.05) is 7.05 Å². The molecule has 1 unspecified atom stereocenters. The van der Waals surface area contributed by atoms with Crippen LogP contribution in [-0.4, -0.2) is 7.05 Å². The van der Waals surface area contributed by atoms with Crippen LogP contribution in [0.2, 0.25) is 10.0 Å². The largest absolute Gasteiger partial charge is 0.309 e. The molecule has 0 amide bonds. The number of aryl methyl sites for hydroxylation is 1. The fraction of sp³-hybridized carbons (Fsp3) is 0.200. The van der Waals surface area contributed by atoms with Crippen LogP contribution in [0.1, 0.15) is 22.7 Å². The fourth-order valence-electron chi connectivity index (χ4n) is 2.14. The Morgan fingerprint density at radius 3 is 2.26 bits per heavy atom. The van der Waals surface area contributed by atoms with Gasteiger partial charge in [-0.15, -0.1) is 0 Å².